The van der Waals surface area contributed by atoms with E-state index in [9.17, 15) is 16.8 Å². The van der Waals surface area contributed by atoms with Crippen LogP contribution in [0.3, 0.4) is 0 Å². The third kappa shape index (κ3) is 5.80. The van der Waals surface area contributed by atoms with Gasteiger partial charge in [0, 0.05) is 5.02 Å². The first-order valence-corrected chi connectivity index (χ1v) is 13.3. The Kier molecular flexibility index (Phi) is 7.01. The van der Waals surface area contributed by atoms with Crippen LogP contribution in [0.15, 0.2) is 58.3 Å². The number of hydrogen-bond acceptors (Lipinski definition) is 7. The number of nitrogens with one attached hydrogen (secondary N) is 2. The lowest BCUT2D eigenvalue weighted by Crippen LogP contribution is -2.31. The number of anilines is 1. The van der Waals surface area contributed by atoms with Crippen molar-refractivity contribution >= 4 is 48.1 Å². The first-order chi connectivity index (χ1) is 14.5. The third-order valence-corrected chi connectivity index (χ3v) is 8.45. The van der Waals surface area contributed by atoms with E-state index in [-0.39, 0.29) is 20.8 Å². The molecule has 31 heavy (non-hydrogen) atoms. The second-order valence-electron chi connectivity index (χ2n) is 7.16. The van der Waals surface area contributed by atoms with Crippen molar-refractivity contribution in [2.24, 2.45) is 5.92 Å². The molecular formula is C19H21ClN4O4S3. The summed E-state index contributed by atoms with van der Waals surface area (Å²) in [4.78, 5) is 0.158. The second-order valence-corrected chi connectivity index (χ2v) is 12.0. The average Bonchev–Trinajstić information content (AvgIpc) is 3.14. The van der Waals surface area contributed by atoms with E-state index in [4.69, 9.17) is 11.6 Å². The molecule has 1 atom stereocenters. The number of aryl methyl sites for hydroxylation is 1. The summed E-state index contributed by atoms with van der Waals surface area (Å²) in [6.45, 7) is 5.51. The summed E-state index contributed by atoms with van der Waals surface area (Å²) in [7, 11) is -7.69. The molecule has 0 bridgehead atoms. The van der Waals surface area contributed by atoms with Gasteiger partial charge in [-0.05, 0) is 49.2 Å². The van der Waals surface area contributed by atoms with Crippen molar-refractivity contribution < 1.29 is 16.8 Å². The van der Waals surface area contributed by atoms with Gasteiger partial charge in [0.05, 0.1) is 15.8 Å². The lowest BCUT2D eigenvalue weighted by atomic mass is 10.1. The van der Waals surface area contributed by atoms with Crippen LogP contribution < -0.4 is 9.44 Å². The van der Waals surface area contributed by atoms with Crippen LogP contribution in [0.1, 0.15) is 30.5 Å². The highest BCUT2D eigenvalue weighted by atomic mass is 35.5. The van der Waals surface area contributed by atoms with Crippen LogP contribution in [0.5, 0.6) is 0 Å². The van der Waals surface area contributed by atoms with Gasteiger partial charge in [-0.3, -0.25) is 4.72 Å². The van der Waals surface area contributed by atoms with Crippen LogP contribution in [0.4, 0.5) is 5.13 Å². The number of sulfonamides is 2. The SMILES string of the molecule is Cc1ccc(S(=O)(=O)Nc2nnc(C(NS(=O)(=O)c3ccc(Cl)cc3)C(C)C)s2)cc1. The maximum Gasteiger partial charge on any atom is 0.263 e. The fourth-order valence-corrected chi connectivity index (χ4v) is 6.36. The van der Waals surface area contributed by atoms with Gasteiger partial charge in [-0.2, -0.15) is 0 Å². The minimum absolute atomic E-state index is 0.0481. The molecule has 3 aromatic rings. The van der Waals surface area contributed by atoms with E-state index in [0.717, 1.165) is 16.9 Å². The van der Waals surface area contributed by atoms with E-state index in [1.807, 2.05) is 20.8 Å². The minimum atomic E-state index is -3.85. The molecule has 0 saturated carbocycles. The lowest BCUT2D eigenvalue weighted by molar-refractivity contribution is 0.459. The zero-order valence-electron chi connectivity index (χ0n) is 16.9. The Labute approximate surface area is 190 Å². The molecule has 0 radical (unpaired) electrons. The number of hydrogen-bond donors (Lipinski definition) is 2. The second kappa shape index (κ2) is 9.21. The average molecular weight is 501 g/mol. The summed E-state index contributed by atoms with van der Waals surface area (Å²) in [5, 5.41) is 8.72. The normalized spacial score (nSPS) is 13.3. The molecule has 3 rings (SSSR count). The Morgan fingerprint density at radius 1 is 0.871 bits per heavy atom. The summed E-state index contributed by atoms with van der Waals surface area (Å²) in [6, 6.07) is 11.5. The largest absolute Gasteiger partial charge is 0.263 e. The van der Waals surface area contributed by atoms with E-state index >= 15 is 0 Å². The molecule has 8 nitrogen and oxygen atoms in total. The van der Waals surface area contributed by atoms with Crippen molar-refractivity contribution in [2.45, 2.75) is 36.6 Å². The van der Waals surface area contributed by atoms with Gasteiger partial charge in [-0.1, -0.05) is 54.5 Å². The summed E-state index contributed by atoms with van der Waals surface area (Å²) in [5.41, 5.74) is 0.935. The highest BCUT2D eigenvalue weighted by molar-refractivity contribution is 7.93. The van der Waals surface area contributed by atoms with Crippen molar-refractivity contribution in [2.75, 3.05) is 4.72 Å². The molecule has 1 unspecified atom stereocenters. The van der Waals surface area contributed by atoms with Crippen LogP contribution in [-0.4, -0.2) is 27.0 Å². The summed E-state index contributed by atoms with van der Waals surface area (Å²) in [5.74, 6) is -0.170. The molecule has 0 amide bonds. The number of benzene rings is 2. The van der Waals surface area contributed by atoms with Gasteiger partial charge in [-0.15, -0.1) is 10.2 Å². The molecule has 1 heterocycles. The van der Waals surface area contributed by atoms with Gasteiger partial charge in [-0.25, -0.2) is 21.6 Å². The van der Waals surface area contributed by atoms with Crippen LogP contribution in [-0.2, 0) is 20.0 Å². The first kappa shape index (κ1) is 23.6. The van der Waals surface area contributed by atoms with Gasteiger partial charge in [0.1, 0.15) is 5.01 Å². The van der Waals surface area contributed by atoms with Gasteiger partial charge < -0.3 is 0 Å². The molecular weight excluding hydrogens is 480 g/mol. The van der Waals surface area contributed by atoms with Gasteiger partial charge in [0.2, 0.25) is 15.2 Å². The summed E-state index contributed by atoms with van der Waals surface area (Å²) >= 11 is 6.81. The molecule has 2 N–H and O–H groups in total. The number of nitrogens with zero attached hydrogens (tertiary/aromatic N) is 2. The summed E-state index contributed by atoms with van der Waals surface area (Å²) < 4.78 is 55.7. The van der Waals surface area contributed by atoms with Crippen molar-refractivity contribution in [3.8, 4) is 0 Å². The van der Waals surface area contributed by atoms with Crippen LogP contribution in [0.25, 0.3) is 0 Å². The molecule has 0 aliphatic heterocycles. The van der Waals surface area contributed by atoms with Crippen LogP contribution >= 0.6 is 22.9 Å². The topological polar surface area (TPSA) is 118 Å². The molecule has 0 spiro atoms. The predicted molar refractivity (Wildman–Crippen MR) is 121 cm³/mol. The maximum absolute atomic E-state index is 12.8. The van der Waals surface area contributed by atoms with E-state index in [1.54, 1.807) is 12.1 Å². The van der Waals surface area contributed by atoms with Crippen molar-refractivity contribution in [1.29, 1.82) is 0 Å². The number of halogens is 1. The Hall–Kier alpha value is -2.05. The van der Waals surface area contributed by atoms with Crippen molar-refractivity contribution in [3.05, 3.63) is 64.1 Å². The molecule has 0 aliphatic rings. The highest BCUT2D eigenvalue weighted by Gasteiger charge is 2.28. The highest BCUT2D eigenvalue weighted by Crippen LogP contribution is 2.30. The number of aromatic nitrogens is 2. The number of rotatable bonds is 8. The Morgan fingerprint density at radius 2 is 1.42 bits per heavy atom. The zero-order chi connectivity index (χ0) is 22.8. The Bertz CT molecular complexity index is 1260. The molecule has 1 aromatic heterocycles. The van der Waals surface area contributed by atoms with E-state index in [1.165, 1.54) is 36.4 Å². The molecule has 0 aliphatic carbocycles. The monoisotopic (exact) mass is 500 g/mol. The molecule has 0 saturated heterocycles. The zero-order valence-corrected chi connectivity index (χ0v) is 20.1. The fourth-order valence-electron chi connectivity index (χ4n) is 2.61. The van der Waals surface area contributed by atoms with E-state index in [0.29, 0.717) is 10.0 Å². The minimum Gasteiger partial charge on any atom is -0.253 e. The quantitative estimate of drug-likeness (QED) is 0.483. The van der Waals surface area contributed by atoms with Crippen LogP contribution in [0, 0.1) is 12.8 Å². The molecule has 2 aromatic carbocycles. The smallest absolute Gasteiger partial charge is 0.253 e. The third-order valence-electron chi connectivity index (χ3n) is 4.33. The van der Waals surface area contributed by atoms with Gasteiger partial charge >= 0.3 is 0 Å². The van der Waals surface area contributed by atoms with E-state index in [2.05, 4.69) is 19.6 Å². The summed E-state index contributed by atoms with van der Waals surface area (Å²) in [6.07, 6.45) is 0. The van der Waals surface area contributed by atoms with Gasteiger partial charge in [0.15, 0.2) is 0 Å². The first-order valence-electron chi connectivity index (χ1n) is 9.19. The molecule has 0 fully saturated rings. The van der Waals surface area contributed by atoms with E-state index < -0.39 is 26.1 Å². The molecule has 166 valence electrons. The molecule has 12 heteroatoms. The maximum atomic E-state index is 12.8. The fraction of sp³-hybridized carbons (Fsp3) is 0.263. The standard InChI is InChI=1S/C19H21ClN4O4S3/c1-12(2)17(23-30(25,26)16-10-6-14(20)7-11-16)18-21-22-19(29-18)24-31(27,28)15-8-4-13(3)5-9-15/h4-12,17,23H,1-3H3,(H,22,24). The van der Waals surface area contributed by atoms with Crippen molar-refractivity contribution in [3.63, 3.8) is 0 Å². The Balaban J connectivity index is 1.82. The van der Waals surface area contributed by atoms with Crippen LogP contribution in [0.2, 0.25) is 5.02 Å². The van der Waals surface area contributed by atoms with Gasteiger partial charge in [0.25, 0.3) is 10.0 Å². The van der Waals surface area contributed by atoms with Crippen molar-refractivity contribution in [1.82, 2.24) is 14.9 Å². The Morgan fingerprint density at radius 3 is 2.00 bits per heavy atom. The lowest BCUT2D eigenvalue weighted by Gasteiger charge is -2.19. The predicted octanol–water partition coefficient (Wildman–Crippen LogP) is 3.98.